The van der Waals surface area contributed by atoms with E-state index in [1.165, 1.54) is 16.4 Å². The number of fused-ring (bicyclic) bond motifs is 1. The van der Waals surface area contributed by atoms with E-state index in [0.717, 1.165) is 38.4 Å². The van der Waals surface area contributed by atoms with Crippen molar-refractivity contribution in [2.45, 2.75) is 24.3 Å². The Balaban J connectivity index is 1.47. The fourth-order valence-corrected chi connectivity index (χ4v) is 5.90. The van der Waals surface area contributed by atoms with Gasteiger partial charge in [-0.25, -0.2) is 8.42 Å². The Bertz CT molecular complexity index is 1050. The van der Waals surface area contributed by atoms with Gasteiger partial charge in [-0.05, 0) is 61.4 Å². The number of morpholine rings is 1. The standard InChI is InChI=1S/C22H26ClN3O4S/c1-16-14-18-15-17(22(27)24-8-9-25-10-12-30-13-11-25)2-7-21(18)26(16)31(28,29)20-5-3-19(23)4-6-20/h2-7,15-16H,8-14H2,1H3,(H,24,27)/t16-/m1/s1. The predicted molar refractivity (Wildman–Crippen MR) is 120 cm³/mol. The highest BCUT2D eigenvalue weighted by Crippen LogP contribution is 2.37. The molecule has 1 atom stereocenters. The van der Waals surface area contributed by atoms with E-state index in [-0.39, 0.29) is 16.8 Å². The van der Waals surface area contributed by atoms with Crippen LogP contribution in [0.1, 0.15) is 22.8 Å². The first-order valence-electron chi connectivity index (χ1n) is 10.4. The first-order chi connectivity index (χ1) is 14.9. The van der Waals surface area contributed by atoms with E-state index in [1.807, 2.05) is 6.92 Å². The van der Waals surface area contributed by atoms with Gasteiger partial charge in [-0.2, -0.15) is 0 Å². The second-order valence-corrected chi connectivity index (χ2v) is 10.1. The molecule has 4 rings (SSSR count). The molecule has 0 aliphatic carbocycles. The Morgan fingerprint density at radius 2 is 1.87 bits per heavy atom. The van der Waals surface area contributed by atoms with Crippen LogP contribution in [-0.4, -0.2) is 64.7 Å². The number of carbonyl (C=O) groups is 1. The van der Waals surface area contributed by atoms with Crippen LogP contribution in [0.15, 0.2) is 47.4 Å². The lowest BCUT2D eigenvalue weighted by atomic mass is 10.1. The van der Waals surface area contributed by atoms with Crippen molar-refractivity contribution in [2.24, 2.45) is 0 Å². The van der Waals surface area contributed by atoms with E-state index in [0.29, 0.717) is 29.2 Å². The van der Waals surface area contributed by atoms with Crippen LogP contribution in [0.2, 0.25) is 5.02 Å². The van der Waals surface area contributed by atoms with Gasteiger partial charge in [0, 0.05) is 42.8 Å². The molecule has 7 nitrogen and oxygen atoms in total. The highest BCUT2D eigenvalue weighted by atomic mass is 35.5. The minimum absolute atomic E-state index is 0.150. The van der Waals surface area contributed by atoms with Crippen LogP contribution in [0.5, 0.6) is 0 Å². The highest BCUT2D eigenvalue weighted by molar-refractivity contribution is 7.92. The number of hydrogen-bond acceptors (Lipinski definition) is 5. The lowest BCUT2D eigenvalue weighted by Gasteiger charge is -2.26. The summed E-state index contributed by atoms with van der Waals surface area (Å²) in [5, 5.41) is 3.44. The van der Waals surface area contributed by atoms with Crippen LogP contribution >= 0.6 is 11.6 Å². The van der Waals surface area contributed by atoms with Gasteiger partial charge in [-0.3, -0.25) is 14.0 Å². The summed E-state index contributed by atoms with van der Waals surface area (Å²) in [6.07, 6.45) is 0.553. The average Bonchev–Trinajstić information content (AvgIpc) is 3.10. The summed E-state index contributed by atoms with van der Waals surface area (Å²) in [7, 11) is -3.72. The van der Waals surface area contributed by atoms with Gasteiger partial charge in [0.05, 0.1) is 23.8 Å². The number of rotatable bonds is 6. The minimum atomic E-state index is -3.72. The highest BCUT2D eigenvalue weighted by Gasteiger charge is 2.36. The molecule has 31 heavy (non-hydrogen) atoms. The van der Waals surface area contributed by atoms with E-state index < -0.39 is 10.0 Å². The van der Waals surface area contributed by atoms with E-state index in [2.05, 4.69) is 10.2 Å². The van der Waals surface area contributed by atoms with E-state index in [4.69, 9.17) is 16.3 Å². The summed E-state index contributed by atoms with van der Waals surface area (Å²) in [5.74, 6) is -0.150. The summed E-state index contributed by atoms with van der Waals surface area (Å²) < 4.78 is 33.2. The first kappa shape index (κ1) is 22.1. The Labute approximate surface area is 188 Å². The molecule has 2 aromatic rings. The number of hydrogen-bond donors (Lipinski definition) is 1. The van der Waals surface area contributed by atoms with Crippen LogP contribution < -0.4 is 9.62 Å². The number of nitrogens with one attached hydrogen (secondary N) is 1. The average molecular weight is 464 g/mol. The second-order valence-electron chi connectivity index (χ2n) is 7.86. The Morgan fingerprint density at radius 3 is 2.58 bits per heavy atom. The maximum absolute atomic E-state index is 13.2. The second kappa shape index (κ2) is 9.16. The molecule has 0 radical (unpaired) electrons. The maximum atomic E-state index is 13.2. The molecule has 1 fully saturated rings. The molecular formula is C22H26ClN3O4S. The van der Waals surface area contributed by atoms with Gasteiger partial charge in [-0.15, -0.1) is 0 Å². The Kier molecular flexibility index (Phi) is 6.52. The molecule has 0 saturated carbocycles. The number of anilines is 1. The molecule has 2 aliphatic rings. The van der Waals surface area contributed by atoms with E-state index >= 15 is 0 Å². The number of ether oxygens (including phenoxy) is 1. The molecule has 0 bridgehead atoms. The summed E-state index contributed by atoms with van der Waals surface area (Å²) in [4.78, 5) is 15.1. The van der Waals surface area contributed by atoms with Gasteiger partial charge in [0.2, 0.25) is 0 Å². The summed E-state index contributed by atoms with van der Waals surface area (Å²) in [6.45, 7) is 6.43. The largest absolute Gasteiger partial charge is 0.379 e. The van der Waals surface area contributed by atoms with Gasteiger partial charge in [0.25, 0.3) is 15.9 Å². The van der Waals surface area contributed by atoms with Crippen molar-refractivity contribution < 1.29 is 17.9 Å². The van der Waals surface area contributed by atoms with Crippen molar-refractivity contribution in [3.05, 3.63) is 58.6 Å². The molecule has 1 N–H and O–H groups in total. The Morgan fingerprint density at radius 1 is 1.16 bits per heavy atom. The van der Waals surface area contributed by atoms with Gasteiger partial charge in [0.1, 0.15) is 0 Å². The minimum Gasteiger partial charge on any atom is -0.379 e. The third-order valence-corrected chi connectivity index (χ3v) is 7.88. The molecule has 0 unspecified atom stereocenters. The van der Waals surface area contributed by atoms with Crippen LogP contribution in [0.3, 0.4) is 0 Å². The maximum Gasteiger partial charge on any atom is 0.264 e. The summed E-state index contributed by atoms with van der Waals surface area (Å²) in [5.41, 5.74) is 2.01. The smallest absolute Gasteiger partial charge is 0.264 e. The molecule has 2 heterocycles. The summed E-state index contributed by atoms with van der Waals surface area (Å²) in [6, 6.07) is 11.1. The fraction of sp³-hybridized carbons (Fsp3) is 0.409. The number of carbonyl (C=O) groups excluding carboxylic acids is 1. The fourth-order valence-electron chi connectivity index (χ4n) is 4.08. The molecule has 0 aromatic heterocycles. The van der Waals surface area contributed by atoms with Crippen LogP contribution in [0.4, 0.5) is 5.69 Å². The molecule has 2 aromatic carbocycles. The van der Waals surface area contributed by atoms with Crippen LogP contribution in [-0.2, 0) is 21.2 Å². The summed E-state index contributed by atoms with van der Waals surface area (Å²) >= 11 is 5.90. The number of benzene rings is 2. The van der Waals surface area contributed by atoms with Crippen LogP contribution in [0, 0.1) is 0 Å². The lowest BCUT2D eigenvalue weighted by molar-refractivity contribution is 0.0383. The zero-order valence-electron chi connectivity index (χ0n) is 17.4. The molecule has 0 spiro atoms. The van der Waals surface area contributed by atoms with Gasteiger partial charge in [0.15, 0.2) is 0 Å². The lowest BCUT2D eigenvalue weighted by Crippen LogP contribution is -2.41. The molecule has 166 valence electrons. The van der Waals surface area contributed by atoms with Crippen molar-refractivity contribution >= 4 is 33.2 Å². The molecule has 1 saturated heterocycles. The van der Waals surface area contributed by atoms with Crippen molar-refractivity contribution in [1.82, 2.24) is 10.2 Å². The van der Waals surface area contributed by atoms with Gasteiger partial charge >= 0.3 is 0 Å². The van der Waals surface area contributed by atoms with Gasteiger partial charge < -0.3 is 10.1 Å². The quantitative estimate of drug-likeness (QED) is 0.712. The zero-order chi connectivity index (χ0) is 22.0. The van der Waals surface area contributed by atoms with E-state index in [1.54, 1.807) is 30.3 Å². The van der Waals surface area contributed by atoms with Gasteiger partial charge in [-0.1, -0.05) is 11.6 Å². The normalized spacial score (nSPS) is 19.3. The molecular weight excluding hydrogens is 438 g/mol. The predicted octanol–water partition coefficient (Wildman–Crippen LogP) is 2.54. The monoisotopic (exact) mass is 463 g/mol. The SMILES string of the molecule is C[C@@H]1Cc2cc(C(=O)NCCN3CCOCC3)ccc2N1S(=O)(=O)c1ccc(Cl)cc1. The van der Waals surface area contributed by atoms with Crippen molar-refractivity contribution in [1.29, 1.82) is 0 Å². The van der Waals surface area contributed by atoms with Crippen molar-refractivity contribution in [2.75, 3.05) is 43.7 Å². The van der Waals surface area contributed by atoms with Crippen molar-refractivity contribution in [3.63, 3.8) is 0 Å². The zero-order valence-corrected chi connectivity index (χ0v) is 19.0. The molecule has 9 heteroatoms. The van der Waals surface area contributed by atoms with Crippen molar-refractivity contribution in [3.8, 4) is 0 Å². The molecule has 1 amide bonds. The topological polar surface area (TPSA) is 79.0 Å². The van der Waals surface area contributed by atoms with E-state index in [9.17, 15) is 13.2 Å². The third-order valence-electron chi connectivity index (χ3n) is 5.68. The number of sulfonamides is 1. The number of amides is 1. The first-order valence-corrected chi connectivity index (χ1v) is 12.2. The number of nitrogens with zero attached hydrogens (tertiary/aromatic N) is 2. The van der Waals surface area contributed by atoms with Crippen LogP contribution in [0.25, 0.3) is 0 Å². The Hall–Kier alpha value is -2.13. The molecule has 2 aliphatic heterocycles. The third kappa shape index (κ3) is 4.72. The number of halogens is 1.